The SMILES string of the molecule is Cn1cccc1Cl. The van der Waals surface area contributed by atoms with Crippen LogP contribution in [-0.2, 0) is 7.05 Å². The number of aromatic nitrogens is 1. The zero-order valence-corrected chi connectivity index (χ0v) is 4.81. The molecule has 1 aromatic rings. The van der Waals surface area contributed by atoms with Gasteiger partial charge in [-0.15, -0.1) is 0 Å². The van der Waals surface area contributed by atoms with Crippen molar-refractivity contribution in [3.05, 3.63) is 23.5 Å². The Morgan fingerprint density at radius 1 is 1.71 bits per heavy atom. The van der Waals surface area contributed by atoms with Crippen LogP contribution in [0.15, 0.2) is 18.3 Å². The molecular formula is C5H6ClN. The summed E-state index contributed by atoms with van der Waals surface area (Å²) in [5.74, 6) is 0. The molecule has 1 aromatic heterocycles. The van der Waals surface area contributed by atoms with E-state index in [2.05, 4.69) is 0 Å². The lowest BCUT2D eigenvalue weighted by molar-refractivity contribution is 0.929. The van der Waals surface area contributed by atoms with E-state index in [0.717, 1.165) is 5.15 Å². The summed E-state index contributed by atoms with van der Waals surface area (Å²) in [6.07, 6.45) is 1.91. The molecule has 0 saturated carbocycles. The van der Waals surface area contributed by atoms with Gasteiger partial charge in [-0.25, -0.2) is 0 Å². The van der Waals surface area contributed by atoms with Gasteiger partial charge in [0, 0.05) is 13.2 Å². The van der Waals surface area contributed by atoms with Crippen LogP contribution in [0, 0.1) is 0 Å². The molecule has 0 bridgehead atoms. The number of aryl methyl sites for hydroxylation is 1. The van der Waals surface area contributed by atoms with E-state index in [1.165, 1.54) is 0 Å². The molecule has 0 spiro atoms. The van der Waals surface area contributed by atoms with Gasteiger partial charge in [-0.3, -0.25) is 0 Å². The Morgan fingerprint density at radius 3 is 2.57 bits per heavy atom. The third kappa shape index (κ3) is 0.775. The van der Waals surface area contributed by atoms with Gasteiger partial charge in [-0.2, -0.15) is 0 Å². The molecule has 0 N–H and O–H groups in total. The van der Waals surface area contributed by atoms with Crippen molar-refractivity contribution in [1.29, 1.82) is 0 Å². The fraction of sp³-hybridized carbons (Fsp3) is 0.200. The minimum atomic E-state index is 0.778. The van der Waals surface area contributed by atoms with Crippen molar-refractivity contribution < 1.29 is 0 Å². The lowest BCUT2D eigenvalue weighted by Gasteiger charge is -1.87. The first-order valence-electron chi connectivity index (χ1n) is 2.07. The van der Waals surface area contributed by atoms with Crippen LogP contribution in [0.1, 0.15) is 0 Å². The van der Waals surface area contributed by atoms with Crippen LogP contribution in [-0.4, -0.2) is 4.57 Å². The van der Waals surface area contributed by atoms with Gasteiger partial charge in [0.2, 0.25) is 0 Å². The summed E-state index contributed by atoms with van der Waals surface area (Å²) in [6.45, 7) is 0. The summed E-state index contributed by atoms with van der Waals surface area (Å²) >= 11 is 5.59. The van der Waals surface area contributed by atoms with E-state index >= 15 is 0 Å². The number of nitrogens with zero attached hydrogens (tertiary/aromatic N) is 1. The van der Waals surface area contributed by atoms with Gasteiger partial charge >= 0.3 is 0 Å². The number of hydrogen-bond donors (Lipinski definition) is 0. The Hall–Kier alpha value is -0.430. The number of rotatable bonds is 0. The second-order valence-electron chi connectivity index (χ2n) is 1.44. The van der Waals surface area contributed by atoms with E-state index in [0.29, 0.717) is 0 Å². The fourth-order valence-electron chi connectivity index (χ4n) is 0.440. The molecule has 1 nitrogen and oxygen atoms in total. The van der Waals surface area contributed by atoms with Crippen molar-refractivity contribution in [2.24, 2.45) is 7.05 Å². The van der Waals surface area contributed by atoms with Crippen molar-refractivity contribution in [3.63, 3.8) is 0 Å². The summed E-state index contributed by atoms with van der Waals surface area (Å²) in [5.41, 5.74) is 0. The molecule has 38 valence electrons. The molecule has 1 rings (SSSR count). The van der Waals surface area contributed by atoms with E-state index < -0.39 is 0 Å². The molecule has 7 heavy (non-hydrogen) atoms. The topological polar surface area (TPSA) is 4.93 Å². The summed E-state index contributed by atoms with van der Waals surface area (Å²) in [7, 11) is 1.91. The lowest BCUT2D eigenvalue weighted by atomic mass is 10.7. The standard InChI is InChI=1S/C5H6ClN/c1-7-4-2-3-5(7)6/h2-4H,1H3. The van der Waals surface area contributed by atoms with Gasteiger partial charge in [-0.1, -0.05) is 11.6 Å². The Morgan fingerprint density at radius 2 is 2.43 bits per heavy atom. The summed E-state index contributed by atoms with van der Waals surface area (Å²) in [6, 6.07) is 3.75. The Kier molecular flexibility index (Phi) is 1.07. The van der Waals surface area contributed by atoms with E-state index in [1.807, 2.05) is 29.9 Å². The average Bonchev–Trinajstić information content (AvgIpc) is 1.91. The van der Waals surface area contributed by atoms with Gasteiger partial charge in [0.05, 0.1) is 0 Å². The van der Waals surface area contributed by atoms with E-state index in [4.69, 9.17) is 11.6 Å². The Labute approximate surface area is 47.5 Å². The maximum atomic E-state index is 5.59. The molecule has 0 aliphatic heterocycles. The van der Waals surface area contributed by atoms with Gasteiger partial charge in [-0.05, 0) is 12.1 Å². The number of halogens is 1. The first-order chi connectivity index (χ1) is 3.30. The zero-order valence-electron chi connectivity index (χ0n) is 4.06. The van der Waals surface area contributed by atoms with Crippen molar-refractivity contribution in [3.8, 4) is 0 Å². The molecule has 1 heterocycles. The summed E-state index contributed by atoms with van der Waals surface area (Å²) < 4.78 is 1.85. The molecule has 0 fully saturated rings. The van der Waals surface area contributed by atoms with Crippen LogP contribution in [0.2, 0.25) is 5.15 Å². The number of hydrogen-bond acceptors (Lipinski definition) is 0. The van der Waals surface area contributed by atoms with Crippen molar-refractivity contribution in [2.75, 3.05) is 0 Å². The highest BCUT2D eigenvalue weighted by Crippen LogP contribution is 2.04. The molecule has 0 atom stereocenters. The Bertz CT molecular complexity index is 140. The molecule has 0 saturated heterocycles. The van der Waals surface area contributed by atoms with Crippen LogP contribution in [0.4, 0.5) is 0 Å². The van der Waals surface area contributed by atoms with E-state index in [1.54, 1.807) is 0 Å². The fourth-order valence-corrected chi connectivity index (χ4v) is 0.569. The first-order valence-corrected chi connectivity index (χ1v) is 2.45. The lowest BCUT2D eigenvalue weighted by Crippen LogP contribution is -1.80. The maximum absolute atomic E-state index is 5.59. The van der Waals surface area contributed by atoms with Crippen LogP contribution in [0.25, 0.3) is 0 Å². The highest BCUT2D eigenvalue weighted by molar-refractivity contribution is 6.29. The van der Waals surface area contributed by atoms with Crippen molar-refractivity contribution in [2.45, 2.75) is 0 Å². The summed E-state index contributed by atoms with van der Waals surface area (Å²) in [4.78, 5) is 0. The third-order valence-electron chi connectivity index (χ3n) is 0.880. The van der Waals surface area contributed by atoms with Crippen molar-refractivity contribution >= 4 is 11.6 Å². The highest BCUT2D eigenvalue weighted by Gasteiger charge is 1.84. The molecule has 0 unspecified atom stereocenters. The maximum Gasteiger partial charge on any atom is 0.108 e. The predicted octanol–water partition coefficient (Wildman–Crippen LogP) is 1.68. The van der Waals surface area contributed by atoms with E-state index in [9.17, 15) is 0 Å². The normalized spacial score (nSPS) is 9.43. The molecule has 0 aliphatic rings. The van der Waals surface area contributed by atoms with Crippen LogP contribution < -0.4 is 0 Å². The predicted molar refractivity (Wildman–Crippen MR) is 30.4 cm³/mol. The van der Waals surface area contributed by atoms with Crippen LogP contribution in [0.5, 0.6) is 0 Å². The quantitative estimate of drug-likeness (QED) is 0.485. The second kappa shape index (κ2) is 1.58. The minimum absolute atomic E-state index is 0.778. The first kappa shape index (κ1) is 4.72. The molecule has 2 heteroatoms. The molecule has 0 radical (unpaired) electrons. The average molecular weight is 116 g/mol. The Balaban J connectivity index is 3.12. The van der Waals surface area contributed by atoms with Crippen LogP contribution in [0.3, 0.4) is 0 Å². The molecule has 0 amide bonds. The molecular weight excluding hydrogens is 110 g/mol. The largest absolute Gasteiger partial charge is 0.342 e. The van der Waals surface area contributed by atoms with Crippen LogP contribution >= 0.6 is 11.6 Å². The summed E-state index contributed by atoms with van der Waals surface area (Å²) in [5, 5.41) is 0.778. The van der Waals surface area contributed by atoms with Gasteiger partial charge in [0.1, 0.15) is 5.15 Å². The monoisotopic (exact) mass is 115 g/mol. The van der Waals surface area contributed by atoms with Crippen molar-refractivity contribution in [1.82, 2.24) is 4.57 Å². The zero-order chi connectivity index (χ0) is 5.28. The third-order valence-corrected chi connectivity index (χ3v) is 1.27. The highest BCUT2D eigenvalue weighted by atomic mass is 35.5. The van der Waals surface area contributed by atoms with Gasteiger partial charge in [0.15, 0.2) is 0 Å². The smallest absolute Gasteiger partial charge is 0.108 e. The van der Waals surface area contributed by atoms with Gasteiger partial charge < -0.3 is 4.57 Å². The minimum Gasteiger partial charge on any atom is -0.342 e. The van der Waals surface area contributed by atoms with E-state index in [-0.39, 0.29) is 0 Å². The second-order valence-corrected chi connectivity index (χ2v) is 1.83. The molecule has 0 aliphatic carbocycles. The molecule has 0 aromatic carbocycles. The van der Waals surface area contributed by atoms with Gasteiger partial charge in [0.25, 0.3) is 0 Å².